The zero-order valence-corrected chi connectivity index (χ0v) is 12.2. The first kappa shape index (κ1) is 14.7. The summed E-state index contributed by atoms with van der Waals surface area (Å²) in [6.07, 6.45) is 1.56. The minimum absolute atomic E-state index is 0.157. The fourth-order valence-corrected chi connectivity index (χ4v) is 2.53. The standard InChI is InChI=1S/C14H18FN3OS/c1-2-5-17-14-18-12-4-3-11(6-13(12)20-14)19-9-10(7-15)8-16/h3-4,6-7H,2,5,8-9,16H2,1H3,(H,17,18)/b10-7-. The highest BCUT2D eigenvalue weighted by Crippen LogP contribution is 2.29. The van der Waals surface area contributed by atoms with Gasteiger partial charge < -0.3 is 15.8 Å². The number of thiazole rings is 1. The van der Waals surface area contributed by atoms with Gasteiger partial charge >= 0.3 is 0 Å². The predicted octanol–water partition coefficient (Wildman–Crippen LogP) is 3.31. The molecule has 2 aromatic rings. The lowest BCUT2D eigenvalue weighted by Crippen LogP contribution is -2.10. The highest BCUT2D eigenvalue weighted by Gasteiger charge is 2.05. The average Bonchev–Trinajstić information content (AvgIpc) is 2.88. The number of ether oxygens (including phenoxy) is 1. The van der Waals surface area contributed by atoms with E-state index < -0.39 is 0 Å². The fraction of sp³-hybridized carbons (Fsp3) is 0.357. The van der Waals surface area contributed by atoms with Gasteiger partial charge in [0.15, 0.2) is 5.13 Å². The first-order chi connectivity index (χ1) is 9.76. The van der Waals surface area contributed by atoms with E-state index >= 15 is 0 Å². The SMILES string of the molecule is CCCNc1nc2ccc(OC/C(=C\F)CN)cc2s1. The number of fused-ring (bicyclic) bond motifs is 1. The van der Waals surface area contributed by atoms with Gasteiger partial charge in [-0.15, -0.1) is 0 Å². The second kappa shape index (κ2) is 7.21. The number of aromatic nitrogens is 1. The van der Waals surface area contributed by atoms with Crippen molar-refractivity contribution in [3.05, 3.63) is 30.1 Å². The number of nitrogens with two attached hydrogens (primary N) is 1. The van der Waals surface area contributed by atoms with Gasteiger partial charge in [-0.05, 0) is 24.6 Å². The van der Waals surface area contributed by atoms with Crippen molar-refractivity contribution in [1.29, 1.82) is 0 Å². The summed E-state index contributed by atoms with van der Waals surface area (Å²) in [5.74, 6) is 0.691. The lowest BCUT2D eigenvalue weighted by atomic mass is 10.3. The van der Waals surface area contributed by atoms with Crippen molar-refractivity contribution in [3.8, 4) is 5.75 Å². The lowest BCUT2D eigenvalue weighted by molar-refractivity contribution is 0.348. The van der Waals surface area contributed by atoms with E-state index in [2.05, 4.69) is 17.2 Å². The second-order valence-electron chi connectivity index (χ2n) is 4.34. The van der Waals surface area contributed by atoms with E-state index in [1.807, 2.05) is 18.2 Å². The summed E-state index contributed by atoms with van der Waals surface area (Å²) < 4.78 is 19.0. The van der Waals surface area contributed by atoms with E-state index in [4.69, 9.17) is 10.5 Å². The van der Waals surface area contributed by atoms with Crippen LogP contribution in [0.4, 0.5) is 9.52 Å². The Morgan fingerprint density at radius 3 is 3.10 bits per heavy atom. The van der Waals surface area contributed by atoms with Crippen LogP contribution in [-0.4, -0.2) is 24.7 Å². The molecule has 1 heterocycles. The minimum atomic E-state index is 0.157. The molecule has 1 aromatic carbocycles. The average molecular weight is 295 g/mol. The third kappa shape index (κ3) is 3.68. The number of hydrogen-bond acceptors (Lipinski definition) is 5. The van der Waals surface area contributed by atoms with E-state index in [-0.39, 0.29) is 13.2 Å². The van der Waals surface area contributed by atoms with Gasteiger partial charge in [0.25, 0.3) is 0 Å². The van der Waals surface area contributed by atoms with Crippen LogP contribution in [0.1, 0.15) is 13.3 Å². The Morgan fingerprint density at radius 1 is 1.55 bits per heavy atom. The van der Waals surface area contributed by atoms with Gasteiger partial charge in [-0.3, -0.25) is 0 Å². The summed E-state index contributed by atoms with van der Waals surface area (Å²) in [5.41, 5.74) is 6.75. The number of nitrogens with one attached hydrogen (secondary N) is 1. The predicted molar refractivity (Wildman–Crippen MR) is 82.1 cm³/mol. The van der Waals surface area contributed by atoms with Crippen LogP contribution in [0, 0.1) is 0 Å². The van der Waals surface area contributed by atoms with Crippen LogP contribution in [0.2, 0.25) is 0 Å². The van der Waals surface area contributed by atoms with Gasteiger partial charge in [0.2, 0.25) is 0 Å². The molecule has 3 N–H and O–H groups in total. The van der Waals surface area contributed by atoms with E-state index in [1.165, 1.54) is 0 Å². The van der Waals surface area contributed by atoms with Crippen molar-refractivity contribution in [2.45, 2.75) is 13.3 Å². The summed E-state index contributed by atoms with van der Waals surface area (Å²) in [6, 6.07) is 5.65. The van der Waals surface area contributed by atoms with Crippen LogP contribution >= 0.6 is 11.3 Å². The molecule has 0 unspecified atom stereocenters. The molecular weight excluding hydrogens is 277 g/mol. The van der Waals surface area contributed by atoms with Gasteiger partial charge in [-0.2, -0.15) is 0 Å². The second-order valence-corrected chi connectivity index (χ2v) is 5.37. The van der Waals surface area contributed by atoms with Crippen LogP contribution in [0.15, 0.2) is 30.1 Å². The monoisotopic (exact) mass is 295 g/mol. The van der Waals surface area contributed by atoms with E-state index in [0.29, 0.717) is 17.7 Å². The van der Waals surface area contributed by atoms with Crippen LogP contribution in [-0.2, 0) is 0 Å². The largest absolute Gasteiger partial charge is 0.489 e. The summed E-state index contributed by atoms with van der Waals surface area (Å²) in [4.78, 5) is 4.48. The first-order valence-electron chi connectivity index (χ1n) is 6.52. The quantitative estimate of drug-likeness (QED) is 0.822. The topological polar surface area (TPSA) is 60.2 Å². The normalized spacial score (nSPS) is 11.8. The number of halogens is 1. The van der Waals surface area contributed by atoms with Crippen molar-refractivity contribution < 1.29 is 9.13 Å². The molecule has 0 amide bonds. The highest BCUT2D eigenvalue weighted by atomic mass is 32.1. The maximum Gasteiger partial charge on any atom is 0.183 e. The summed E-state index contributed by atoms with van der Waals surface area (Å²) in [6.45, 7) is 3.34. The lowest BCUT2D eigenvalue weighted by Gasteiger charge is -2.06. The van der Waals surface area contributed by atoms with Crippen LogP contribution in [0.3, 0.4) is 0 Å². The maximum atomic E-state index is 12.4. The zero-order valence-electron chi connectivity index (χ0n) is 11.4. The molecule has 6 heteroatoms. The van der Waals surface area contributed by atoms with Crippen molar-refractivity contribution in [3.63, 3.8) is 0 Å². The molecule has 0 saturated heterocycles. The number of nitrogens with zero attached hydrogens (tertiary/aromatic N) is 1. The van der Waals surface area contributed by atoms with E-state index in [9.17, 15) is 4.39 Å². The molecule has 0 aliphatic carbocycles. The van der Waals surface area contributed by atoms with Crippen molar-refractivity contribution >= 4 is 26.7 Å². The minimum Gasteiger partial charge on any atom is -0.489 e. The third-order valence-electron chi connectivity index (χ3n) is 2.73. The van der Waals surface area contributed by atoms with Crippen molar-refractivity contribution in [1.82, 2.24) is 4.98 Å². The van der Waals surface area contributed by atoms with Gasteiger partial charge in [0.05, 0.1) is 16.5 Å². The summed E-state index contributed by atoms with van der Waals surface area (Å²) in [7, 11) is 0. The smallest absolute Gasteiger partial charge is 0.183 e. The molecule has 0 aliphatic rings. The Kier molecular flexibility index (Phi) is 5.31. The molecule has 20 heavy (non-hydrogen) atoms. The number of anilines is 1. The Balaban J connectivity index is 2.08. The Bertz CT molecular complexity index is 597. The molecule has 0 radical (unpaired) electrons. The van der Waals surface area contributed by atoms with E-state index in [1.54, 1.807) is 11.3 Å². The van der Waals surface area contributed by atoms with Crippen molar-refractivity contribution in [2.75, 3.05) is 25.0 Å². The van der Waals surface area contributed by atoms with Gasteiger partial charge in [0, 0.05) is 18.7 Å². The van der Waals surface area contributed by atoms with Crippen LogP contribution in [0.25, 0.3) is 10.2 Å². The molecular formula is C14H18FN3OS. The number of benzene rings is 1. The molecule has 0 bridgehead atoms. The molecule has 108 valence electrons. The summed E-state index contributed by atoms with van der Waals surface area (Å²) in [5, 5.41) is 4.17. The highest BCUT2D eigenvalue weighted by molar-refractivity contribution is 7.22. The van der Waals surface area contributed by atoms with Crippen molar-refractivity contribution in [2.24, 2.45) is 5.73 Å². The van der Waals surface area contributed by atoms with E-state index in [0.717, 1.165) is 28.3 Å². The third-order valence-corrected chi connectivity index (χ3v) is 3.70. The van der Waals surface area contributed by atoms with Crippen LogP contribution in [0.5, 0.6) is 5.75 Å². The maximum absolute atomic E-state index is 12.4. The molecule has 1 aromatic heterocycles. The molecule has 0 aliphatic heterocycles. The van der Waals surface area contributed by atoms with Gasteiger partial charge in [-0.25, -0.2) is 9.37 Å². The number of rotatable bonds is 7. The fourth-order valence-electron chi connectivity index (χ4n) is 1.61. The van der Waals surface area contributed by atoms with Crippen LogP contribution < -0.4 is 15.8 Å². The molecule has 0 saturated carbocycles. The van der Waals surface area contributed by atoms with Gasteiger partial charge in [0.1, 0.15) is 12.4 Å². The Morgan fingerprint density at radius 2 is 2.40 bits per heavy atom. The molecule has 4 nitrogen and oxygen atoms in total. The molecule has 0 fully saturated rings. The zero-order chi connectivity index (χ0) is 14.4. The Labute approximate surface area is 121 Å². The Hall–Kier alpha value is -1.66. The van der Waals surface area contributed by atoms with Gasteiger partial charge in [-0.1, -0.05) is 18.3 Å². The molecule has 0 atom stereocenters. The molecule has 0 spiro atoms. The number of hydrogen-bond donors (Lipinski definition) is 2. The first-order valence-corrected chi connectivity index (χ1v) is 7.34. The summed E-state index contributed by atoms with van der Waals surface area (Å²) >= 11 is 1.58. The molecule has 2 rings (SSSR count).